The summed E-state index contributed by atoms with van der Waals surface area (Å²) in [6.07, 6.45) is 3.57. The fourth-order valence-corrected chi connectivity index (χ4v) is 4.80. The van der Waals surface area contributed by atoms with Crippen LogP contribution in [0, 0.1) is 5.41 Å². The molecule has 1 amide bonds. The van der Waals surface area contributed by atoms with Crippen LogP contribution in [0.5, 0.6) is 11.5 Å². The minimum Gasteiger partial charge on any atom is -0.486 e. The summed E-state index contributed by atoms with van der Waals surface area (Å²) in [6.45, 7) is -3.01. The van der Waals surface area contributed by atoms with Crippen molar-refractivity contribution in [3.05, 3.63) is 52.3 Å². The largest absolute Gasteiger partial charge is 0.486 e. The number of halogens is 4. The summed E-state index contributed by atoms with van der Waals surface area (Å²) in [7, 11) is 0. The molecule has 2 aromatic rings. The van der Waals surface area contributed by atoms with Crippen LogP contribution < -0.4 is 14.8 Å². The highest BCUT2D eigenvalue weighted by Crippen LogP contribution is 2.69. The first-order valence-corrected chi connectivity index (χ1v) is 10.3. The Kier molecular flexibility index (Phi) is 5.79. The number of alkyl halides is 2. The average molecular weight is 471 g/mol. The van der Waals surface area contributed by atoms with Crippen LogP contribution in [-0.2, 0) is 4.79 Å². The SMILES string of the molecule is O=C(COc1ccc(Cl)c(Cl)c1)CC12CC(NC(=O)c3ccc(OC(F)F)cn3)(C1)C2. The van der Waals surface area contributed by atoms with Gasteiger partial charge >= 0.3 is 6.61 Å². The quantitative estimate of drug-likeness (QED) is 0.575. The van der Waals surface area contributed by atoms with Gasteiger partial charge in [0.1, 0.15) is 23.8 Å². The first-order chi connectivity index (χ1) is 14.7. The molecule has 1 aromatic heterocycles. The normalized spacial score (nSPS) is 23.5. The van der Waals surface area contributed by atoms with Gasteiger partial charge in [-0.15, -0.1) is 0 Å². The van der Waals surface area contributed by atoms with E-state index in [9.17, 15) is 18.4 Å². The molecule has 10 heteroatoms. The molecule has 1 heterocycles. The summed E-state index contributed by atoms with van der Waals surface area (Å²) in [5.74, 6) is -0.0488. The number of ether oxygens (including phenoxy) is 2. The number of aromatic nitrogens is 1. The molecule has 0 aliphatic heterocycles. The van der Waals surface area contributed by atoms with E-state index in [0.717, 1.165) is 6.20 Å². The maximum atomic E-state index is 12.4. The maximum absolute atomic E-state index is 12.4. The van der Waals surface area contributed by atoms with Crippen LogP contribution in [0.2, 0.25) is 10.0 Å². The molecule has 3 aliphatic carbocycles. The highest BCUT2D eigenvalue weighted by Gasteiger charge is 2.68. The van der Waals surface area contributed by atoms with E-state index >= 15 is 0 Å². The number of hydrogen-bond acceptors (Lipinski definition) is 5. The number of carbonyl (C=O) groups is 2. The van der Waals surface area contributed by atoms with Gasteiger partial charge in [0.05, 0.1) is 16.2 Å². The lowest BCUT2D eigenvalue weighted by Crippen LogP contribution is -2.75. The van der Waals surface area contributed by atoms with E-state index in [-0.39, 0.29) is 40.7 Å². The minimum absolute atomic E-state index is 0.0259. The molecular weight excluding hydrogens is 453 g/mol. The van der Waals surface area contributed by atoms with Crippen LogP contribution in [0.4, 0.5) is 8.78 Å². The van der Waals surface area contributed by atoms with Gasteiger partial charge in [0.25, 0.3) is 5.91 Å². The van der Waals surface area contributed by atoms with Crippen LogP contribution in [0.1, 0.15) is 36.2 Å². The number of nitrogens with one attached hydrogen (secondary N) is 1. The molecule has 3 aliphatic rings. The fourth-order valence-electron chi connectivity index (χ4n) is 4.51. The van der Waals surface area contributed by atoms with Crippen molar-refractivity contribution in [2.75, 3.05) is 6.61 Å². The van der Waals surface area contributed by atoms with Crippen molar-refractivity contribution in [3.8, 4) is 11.5 Å². The zero-order valence-electron chi connectivity index (χ0n) is 16.2. The van der Waals surface area contributed by atoms with Crippen molar-refractivity contribution in [2.45, 2.75) is 37.8 Å². The van der Waals surface area contributed by atoms with E-state index < -0.39 is 6.61 Å². The van der Waals surface area contributed by atoms with E-state index in [2.05, 4.69) is 15.0 Å². The van der Waals surface area contributed by atoms with E-state index in [1.54, 1.807) is 18.2 Å². The van der Waals surface area contributed by atoms with Crippen LogP contribution in [0.25, 0.3) is 0 Å². The first kappa shape index (κ1) is 21.8. The van der Waals surface area contributed by atoms with Gasteiger partial charge in [-0.05, 0) is 48.9 Å². The highest BCUT2D eigenvalue weighted by molar-refractivity contribution is 6.42. The highest BCUT2D eigenvalue weighted by atomic mass is 35.5. The second-order valence-electron chi connectivity index (χ2n) is 8.10. The van der Waals surface area contributed by atoms with Crippen LogP contribution in [-0.4, -0.2) is 35.4 Å². The Balaban J connectivity index is 1.22. The third-order valence-corrected chi connectivity index (χ3v) is 6.32. The number of rotatable bonds is 9. The van der Waals surface area contributed by atoms with Crippen molar-refractivity contribution < 1.29 is 27.8 Å². The molecule has 2 bridgehead atoms. The van der Waals surface area contributed by atoms with Crippen LogP contribution in [0.3, 0.4) is 0 Å². The van der Waals surface area contributed by atoms with Gasteiger partial charge in [0.15, 0.2) is 5.78 Å². The fraction of sp³-hybridized carbons (Fsp3) is 0.381. The average Bonchev–Trinajstić information content (AvgIpc) is 2.66. The lowest BCUT2D eigenvalue weighted by molar-refractivity contribution is -0.162. The number of hydrogen-bond donors (Lipinski definition) is 1. The van der Waals surface area contributed by atoms with Crippen LogP contribution >= 0.6 is 23.2 Å². The summed E-state index contributed by atoms with van der Waals surface area (Å²) in [5, 5.41) is 3.71. The molecule has 164 valence electrons. The number of Topliss-reactive ketones (excluding diaryl/α,β-unsaturated/α-hetero) is 1. The van der Waals surface area contributed by atoms with Crippen molar-refractivity contribution in [1.29, 1.82) is 0 Å². The van der Waals surface area contributed by atoms with Gasteiger partial charge in [-0.1, -0.05) is 23.2 Å². The monoisotopic (exact) mass is 470 g/mol. The minimum atomic E-state index is -2.95. The topological polar surface area (TPSA) is 77.5 Å². The second kappa shape index (κ2) is 8.24. The summed E-state index contributed by atoms with van der Waals surface area (Å²) in [5.41, 5.74) is -0.318. The molecule has 0 atom stereocenters. The van der Waals surface area contributed by atoms with E-state index in [0.29, 0.717) is 41.5 Å². The Labute approximate surface area is 186 Å². The molecule has 0 spiro atoms. The molecule has 0 unspecified atom stereocenters. The van der Waals surface area contributed by atoms with Crippen molar-refractivity contribution in [2.24, 2.45) is 5.41 Å². The number of pyridine rings is 1. The predicted octanol–water partition coefficient (Wildman–Crippen LogP) is 4.68. The zero-order valence-corrected chi connectivity index (χ0v) is 17.7. The Morgan fingerprint density at radius 2 is 1.81 bits per heavy atom. The number of ketones is 1. The molecule has 5 rings (SSSR count). The third-order valence-electron chi connectivity index (χ3n) is 5.58. The molecule has 0 saturated heterocycles. The smallest absolute Gasteiger partial charge is 0.387 e. The van der Waals surface area contributed by atoms with Gasteiger partial charge in [0, 0.05) is 18.0 Å². The molecule has 1 aromatic carbocycles. The van der Waals surface area contributed by atoms with E-state index in [1.807, 2.05) is 0 Å². The van der Waals surface area contributed by atoms with Gasteiger partial charge in [-0.2, -0.15) is 8.78 Å². The zero-order chi connectivity index (χ0) is 22.2. The number of carbonyl (C=O) groups excluding carboxylic acids is 2. The molecule has 0 radical (unpaired) electrons. The number of benzene rings is 1. The van der Waals surface area contributed by atoms with Crippen molar-refractivity contribution >= 4 is 34.9 Å². The Bertz CT molecular complexity index is 997. The lowest BCUT2D eigenvalue weighted by atomic mass is 9.38. The van der Waals surface area contributed by atoms with E-state index in [4.69, 9.17) is 27.9 Å². The molecule has 3 saturated carbocycles. The third kappa shape index (κ3) is 4.75. The first-order valence-electron chi connectivity index (χ1n) is 9.51. The maximum Gasteiger partial charge on any atom is 0.387 e. The van der Waals surface area contributed by atoms with Gasteiger partial charge < -0.3 is 14.8 Å². The van der Waals surface area contributed by atoms with Gasteiger partial charge in [0.2, 0.25) is 0 Å². The molecule has 1 N–H and O–H groups in total. The number of nitrogens with zero attached hydrogens (tertiary/aromatic N) is 1. The van der Waals surface area contributed by atoms with Crippen molar-refractivity contribution in [1.82, 2.24) is 10.3 Å². The Hall–Kier alpha value is -2.45. The molecule has 31 heavy (non-hydrogen) atoms. The van der Waals surface area contributed by atoms with Gasteiger partial charge in [-0.3, -0.25) is 9.59 Å². The summed E-state index contributed by atoms with van der Waals surface area (Å²) in [4.78, 5) is 28.6. The van der Waals surface area contributed by atoms with Crippen LogP contribution in [0.15, 0.2) is 36.5 Å². The summed E-state index contributed by atoms with van der Waals surface area (Å²) >= 11 is 11.8. The second-order valence-corrected chi connectivity index (χ2v) is 8.92. The number of amides is 1. The summed E-state index contributed by atoms with van der Waals surface area (Å²) in [6, 6.07) is 7.41. The Morgan fingerprint density at radius 3 is 2.42 bits per heavy atom. The standard InChI is InChI=1S/C21H18Cl2F2N2O4/c22-15-3-1-13(5-16(15)23)30-8-12(28)6-20-9-21(10-20,11-20)27-18(29)17-4-2-14(7-26-17)31-19(24)25/h1-5,7,19H,6,8-11H2,(H,27,29). The molecule has 6 nitrogen and oxygen atoms in total. The Morgan fingerprint density at radius 1 is 1.10 bits per heavy atom. The molecule has 3 fully saturated rings. The predicted molar refractivity (Wildman–Crippen MR) is 109 cm³/mol. The van der Waals surface area contributed by atoms with E-state index in [1.165, 1.54) is 12.1 Å². The lowest BCUT2D eigenvalue weighted by Gasteiger charge is -2.70. The summed E-state index contributed by atoms with van der Waals surface area (Å²) < 4.78 is 34.1. The van der Waals surface area contributed by atoms with Gasteiger partial charge in [-0.25, -0.2) is 4.98 Å². The molecular formula is C21H18Cl2F2N2O4. The van der Waals surface area contributed by atoms with Crippen molar-refractivity contribution in [3.63, 3.8) is 0 Å².